The number of carbonyl (C=O) groups excluding carboxylic acids is 2. The highest BCUT2D eigenvalue weighted by Gasteiger charge is 2.49. The molecule has 0 saturated carbocycles. The average molecular weight is 474 g/mol. The van der Waals surface area contributed by atoms with Gasteiger partial charge in [-0.3, -0.25) is 9.59 Å². The van der Waals surface area contributed by atoms with Crippen molar-refractivity contribution in [2.24, 2.45) is 11.8 Å². The molecule has 3 aromatic rings. The number of nitrogens with one attached hydrogen (secondary N) is 1. The molecule has 7 nitrogen and oxygen atoms in total. The number of halogens is 1. The maximum Gasteiger partial charge on any atom is 0.260 e. The Morgan fingerprint density at radius 3 is 2.18 bits per heavy atom. The molecule has 0 radical (unpaired) electrons. The molecule has 4 atom stereocenters. The fraction of sp³-hybridized carbons (Fsp3) is 0.308. The number of rotatable bonds is 3. The zero-order valence-corrected chi connectivity index (χ0v) is 19.4. The van der Waals surface area contributed by atoms with Crippen molar-refractivity contribution in [3.05, 3.63) is 82.4 Å². The normalized spacial score (nSPS) is 25.8. The van der Waals surface area contributed by atoms with Crippen molar-refractivity contribution in [2.45, 2.75) is 38.3 Å². The number of aromatic nitrogens is 3. The van der Waals surface area contributed by atoms with Gasteiger partial charge in [-0.2, -0.15) is 4.98 Å². The molecule has 34 heavy (non-hydrogen) atoms. The third-order valence-electron chi connectivity index (χ3n) is 7.12. The van der Waals surface area contributed by atoms with Crippen molar-refractivity contribution in [1.29, 1.82) is 0 Å². The largest absolute Gasteiger partial charge is 0.347 e. The van der Waals surface area contributed by atoms with Gasteiger partial charge in [-0.1, -0.05) is 65.7 Å². The summed E-state index contributed by atoms with van der Waals surface area (Å²) in [5.41, 5.74) is 3.36. The number of hydrogen-bond donors (Lipinski definition) is 1. The molecular weight excluding hydrogens is 450 g/mol. The lowest BCUT2D eigenvalue weighted by Gasteiger charge is -2.31. The van der Waals surface area contributed by atoms with Gasteiger partial charge in [0.1, 0.15) is 0 Å². The zero-order chi connectivity index (χ0) is 23.4. The van der Waals surface area contributed by atoms with E-state index in [9.17, 15) is 9.59 Å². The quantitative estimate of drug-likeness (QED) is 0.435. The van der Waals surface area contributed by atoms with Crippen LogP contribution < -0.4 is 10.2 Å². The van der Waals surface area contributed by atoms with Crippen molar-refractivity contribution < 1.29 is 9.59 Å². The van der Waals surface area contributed by atoms with Gasteiger partial charge in [-0.15, -0.1) is 5.10 Å². The Kier molecular flexibility index (Phi) is 5.03. The minimum absolute atomic E-state index is 0.0233. The third kappa shape index (κ3) is 3.42. The molecule has 3 heterocycles. The van der Waals surface area contributed by atoms with Crippen molar-refractivity contribution in [3.63, 3.8) is 0 Å². The topological polar surface area (TPSA) is 80.1 Å². The van der Waals surface area contributed by atoms with Gasteiger partial charge in [-0.25, -0.2) is 9.58 Å². The number of hydrogen-bond acceptors (Lipinski definition) is 5. The number of aryl methyl sites for hydroxylation is 1. The van der Waals surface area contributed by atoms with Gasteiger partial charge in [0.25, 0.3) is 5.95 Å². The van der Waals surface area contributed by atoms with Crippen LogP contribution in [0.5, 0.6) is 0 Å². The molecule has 2 aliphatic heterocycles. The summed E-state index contributed by atoms with van der Waals surface area (Å²) in [6.07, 6.45) is 5.86. The van der Waals surface area contributed by atoms with Crippen LogP contribution in [0, 0.1) is 18.8 Å². The van der Waals surface area contributed by atoms with Crippen LogP contribution in [-0.2, 0) is 9.59 Å². The first-order chi connectivity index (χ1) is 16.5. The minimum atomic E-state index is -0.319. The molecular formula is C26H24ClN5O2. The van der Waals surface area contributed by atoms with Crippen LogP contribution >= 0.6 is 11.6 Å². The highest BCUT2D eigenvalue weighted by atomic mass is 35.5. The van der Waals surface area contributed by atoms with Gasteiger partial charge >= 0.3 is 0 Å². The summed E-state index contributed by atoms with van der Waals surface area (Å²) >= 11 is 6.11. The van der Waals surface area contributed by atoms with Crippen LogP contribution in [0.1, 0.15) is 48.0 Å². The van der Waals surface area contributed by atoms with Gasteiger partial charge in [0.2, 0.25) is 17.8 Å². The standard InChI is InChI=1S/C26H24ClN5O2/c1-15-6-8-17(9-7-15)22-14-21(16-10-12-18(27)13-11-16)28-25-29-26(30-32(22)25)31-23(33)19-4-2-3-5-20(19)24(31)34/h2-3,6-13,19-22H,4-5,14H2,1H3,(H,28,29,30)/t19-,20+,21-,22+/m1/s1. The third-order valence-corrected chi connectivity index (χ3v) is 7.37. The van der Waals surface area contributed by atoms with E-state index >= 15 is 0 Å². The molecule has 1 saturated heterocycles. The summed E-state index contributed by atoms with van der Waals surface area (Å²) in [5.74, 6) is -0.352. The predicted molar refractivity (Wildman–Crippen MR) is 130 cm³/mol. The first-order valence-electron chi connectivity index (χ1n) is 11.6. The summed E-state index contributed by atoms with van der Waals surface area (Å²) in [6, 6.07) is 16.0. The van der Waals surface area contributed by atoms with Crippen molar-refractivity contribution in [1.82, 2.24) is 14.8 Å². The van der Waals surface area contributed by atoms with E-state index in [1.807, 2.05) is 41.1 Å². The molecule has 6 rings (SSSR count). The molecule has 8 heteroatoms. The van der Waals surface area contributed by atoms with E-state index in [-0.39, 0.29) is 41.7 Å². The van der Waals surface area contributed by atoms with E-state index in [4.69, 9.17) is 16.7 Å². The van der Waals surface area contributed by atoms with Crippen LogP contribution in [0.3, 0.4) is 0 Å². The lowest BCUT2D eigenvalue weighted by Crippen LogP contribution is -2.32. The van der Waals surface area contributed by atoms with Crippen LogP contribution in [0.25, 0.3) is 0 Å². The van der Waals surface area contributed by atoms with Gasteiger partial charge < -0.3 is 5.32 Å². The molecule has 2 amide bonds. The fourth-order valence-electron chi connectivity index (χ4n) is 5.24. The number of benzene rings is 2. The Hall–Kier alpha value is -3.45. The number of fused-ring (bicyclic) bond motifs is 2. The highest BCUT2D eigenvalue weighted by molar-refractivity contribution is 6.30. The van der Waals surface area contributed by atoms with E-state index in [1.54, 1.807) is 0 Å². The monoisotopic (exact) mass is 473 g/mol. The summed E-state index contributed by atoms with van der Waals surface area (Å²) in [7, 11) is 0. The van der Waals surface area contributed by atoms with Gasteiger partial charge in [0.05, 0.1) is 23.9 Å². The number of imide groups is 1. The molecule has 1 aliphatic carbocycles. The number of anilines is 2. The van der Waals surface area contributed by atoms with Crippen molar-refractivity contribution in [2.75, 3.05) is 10.2 Å². The van der Waals surface area contributed by atoms with Crippen LogP contribution in [0.4, 0.5) is 11.9 Å². The molecule has 0 unspecified atom stereocenters. The van der Waals surface area contributed by atoms with Crippen LogP contribution in [-0.4, -0.2) is 26.6 Å². The maximum absolute atomic E-state index is 13.1. The van der Waals surface area contributed by atoms with Crippen molar-refractivity contribution in [3.8, 4) is 0 Å². The minimum Gasteiger partial charge on any atom is -0.347 e. The first-order valence-corrected chi connectivity index (χ1v) is 12.0. The molecule has 0 spiro atoms. The van der Waals surface area contributed by atoms with E-state index < -0.39 is 0 Å². The summed E-state index contributed by atoms with van der Waals surface area (Å²) in [6.45, 7) is 2.06. The Morgan fingerprint density at radius 1 is 0.912 bits per heavy atom. The number of amides is 2. The lowest BCUT2D eigenvalue weighted by molar-refractivity contribution is -0.122. The zero-order valence-electron chi connectivity index (χ0n) is 18.7. The number of nitrogens with zero attached hydrogens (tertiary/aromatic N) is 4. The Balaban J connectivity index is 1.40. The first kappa shape index (κ1) is 21.1. The Bertz CT molecular complexity index is 1270. The lowest BCUT2D eigenvalue weighted by atomic mass is 9.85. The van der Waals surface area contributed by atoms with Gasteiger partial charge in [-0.05, 0) is 49.4 Å². The molecule has 1 fully saturated rings. The molecule has 0 bridgehead atoms. The smallest absolute Gasteiger partial charge is 0.260 e. The predicted octanol–water partition coefficient (Wildman–Crippen LogP) is 4.84. The number of carbonyl (C=O) groups is 2. The van der Waals surface area contributed by atoms with Crippen LogP contribution in [0.15, 0.2) is 60.7 Å². The van der Waals surface area contributed by atoms with E-state index in [1.165, 1.54) is 10.5 Å². The number of allylic oxidation sites excluding steroid dienone is 2. The van der Waals surface area contributed by atoms with E-state index in [0.29, 0.717) is 23.8 Å². The molecule has 1 N–H and O–H groups in total. The summed E-state index contributed by atoms with van der Waals surface area (Å²) in [4.78, 5) is 32.1. The van der Waals surface area contributed by atoms with Crippen LogP contribution in [0.2, 0.25) is 5.02 Å². The average Bonchev–Trinajstić information content (AvgIpc) is 3.38. The second-order valence-corrected chi connectivity index (χ2v) is 9.69. The highest BCUT2D eigenvalue weighted by Crippen LogP contribution is 2.41. The fourth-order valence-corrected chi connectivity index (χ4v) is 5.36. The van der Waals surface area contributed by atoms with Gasteiger partial charge in [0.15, 0.2) is 0 Å². The van der Waals surface area contributed by atoms with Crippen molar-refractivity contribution >= 4 is 35.3 Å². The van der Waals surface area contributed by atoms with Gasteiger partial charge in [0, 0.05) is 5.02 Å². The molecule has 3 aliphatic rings. The SMILES string of the molecule is Cc1ccc([C@@H]2C[C@H](c3ccc(Cl)cc3)Nc3nc(N4C(=O)[C@H]5CC=CC[C@H]5C4=O)nn32)cc1. The van der Waals surface area contributed by atoms with E-state index in [0.717, 1.165) is 17.5 Å². The Morgan fingerprint density at radius 2 is 1.53 bits per heavy atom. The second kappa shape index (κ2) is 8.09. The summed E-state index contributed by atoms with van der Waals surface area (Å²) < 4.78 is 1.81. The van der Waals surface area contributed by atoms with E-state index in [2.05, 4.69) is 41.5 Å². The molecule has 1 aromatic heterocycles. The maximum atomic E-state index is 13.1. The molecule has 2 aromatic carbocycles. The second-order valence-electron chi connectivity index (χ2n) is 9.26. The molecule has 172 valence electrons. The summed E-state index contributed by atoms with van der Waals surface area (Å²) in [5, 5.41) is 8.85. The Labute approximate surface area is 202 Å².